The molecule has 1 atom stereocenters. The zero-order chi connectivity index (χ0) is 15.2. The van der Waals surface area contributed by atoms with Crippen molar-refractivity contribution in [2.45, 2.75) is 32.2 Å². The Morgan fingerprint density at radius 2 is 2.18 bits per heavy atom. The van der Waals surface area contributed by atoms with Crippen molar-refractivity contribution in [3.05, 3.63) is 45.9 Å². The van der Waals surface area contributed by atoms with Crippen LogP contribution in [0.15, 0.2) is 30.5 Å². The third kappa shape index (κ3) is 5.25. The molecule has 0 aliphatic heterocycles. The summed E-state index contributed by atoms with van der Waals surface area (Å²) in [6.45, 7) is 2.00. The number of nitrogens with two attached hydrogens (primary N) is 1. The molecule has 1 heterocycles. The lowest BCUT2D eigenvalue weighted by Crippen LogP contribution is -2.35. The van der Waals surface area contributed by atoms with Crippen molar-refractivity contribution in [1.82, 2.24) is 4.98 Å². The summed E-state index contributed by atoms with van der Waals surface area (Å²) in [7, 11) is 0. The fourth-order valence-electron chi connectivity index (χ4n) is 1.92. The molecule has 7 heteroatoms. The SMILES string of the molecule is CCCC(N)C(=O)Nc1ncc(Cc2ccccc2Cl)s1.Cl. The number of nitrogens with zero attached hydrogens (tertiary/aromatic N) is 1. The fourth-order valence-corrected chi connectivity index (χ4v) is 2.96. The molecule has 2 rings (SSSR count). The van der Waals surface area contributed by atoms with Gasteiger partial charge in [-0.2, -0.15) is 0 Å². The summed E-state index contributed by atoms with van der Waals surface area (Å²) < 4.78 is 0. The maximum absolute atomic E-state index is 11.8. The summed E-state index contributed by atoms with van der Waals surface area (Å²) in [5.74, 6) is -0.185. The number of aromatic nitrogens is 1. The van der Waals surface area contributed by atoms with E-state index in [1.165, 1.54) is 11.3 Å². The van der Waals surface area contributed by atoms with Crippen LogP contribution >= 0.6 is 35.3 Å². The first kappa shape index (κ1) is 18.9. The van der Waals surface area contributed by atoms with Gasteiger partial charge in [-0.15, -0.1) is 23.7 Å². The van der Waals surface area contributed by atoms with Crippen LogP contribution in [0.4, 0.5) is 5.13 Å². The Hall–Kier alpha value is -1.14. The highest BCUT2D eigenvalue weighted by Crippen LogP contribution is 2.24. The van der Waals surface area contributed by atoms with Crippen molar-refractivity contribution >= 4 is 46.4 Å². The van der Waals surface area contributed by atoms with Gasteiger partial charge < -0.3 is 11.1 Å². The van der Waals surface area contributed by atoms with E-state index >= 15 is 0 Å². The van der Waals surface area contributed by atoms with Crippen LogP contribution in [0.5, 0.6) is 0 Å². The Kier molecular flexibility index (Phi) is 7.82. The molecule has 0 saturated carbocycles. The summed E-state index contributed by atoms with van der Waals surface area (Å²) >= 11 is 7.58. The van der Waals surface area contributed by atoms with E-state index in [1.54, 1.807) is 6.20 Å². The predicted molar refractivity (Wildman–Crippen MR) is 95.1 cm³/mol. The minimum atomic E-state index is -0.481. The van der Waals surface area contributed by atoms with Gasteiger partial charge in [0.25, 0.3) is 0 Å². The van der Waals surface area contributed by atoms with Crippen LogP contribution in [0.3, 0.4) is 0 Å². The molecular formula is C15H19Cl2N3OS. The first-order valence-electron chi connectivity index (χ1n) is 6.84. The molecule has 0 radical (unpaired) electrons. The van der Waals surface area contributed by atoms with Gasteiger partial charge in [-0.3, -0.25) is 4.79 Å². The van der Waals surface area contributed by atoms with Crippen molar-refractivity contribution in [3.63, 3.8) is 0 Å². The Labute approximate surface area is 145 Å². The average Bonchev–Trinajstić information content (AvgIpc) is 2.89. The zero-order valence-electron chi connectivity index (χ0n) is 12.2. The lowest BCUT2D eigenvalue weighted by atomic mass is 10.1. The molecule has 0 aliphatic carbocycles. The van der Waals surface area contributed by atoms with Crippen molar-refractivity contribution in [1.29, 1.82) is 0 Å². The molecule has 2 aromatic rings. The smallest absolute Gasteiger partial charge is 0.243 e. The number of nitrogens with one attached hydrogen (secondary N) is 1. The molecule has 3 N–H and O–H groups in total. The topological polar surface area (TPSA) is 68.0 Å². The molecular weight excluding hydrogens is 341 g/mol. The highest BCUT2D eigenvalue weighted by molar-refractivity contribution is 7.15. The maximum Gasteiger partial charge on any atom is 0.243 e. The molecule has 1 aromatic heterocycles. The van der Waals surface area contributed by atoms with Gasteiger partial charge in [-0.05, 0) is 18.1 Å². The Morgan fingerprint density at radius 1 is 1.45 bits per heavy atom. The summed E-state index contributed by atoms with van der Waals surface area (Å²) in [6.07, 6.45) is 4.01. The summed E-state index contributed by atoms with van der Waals surface area (Å²) in [4.78, 5) is 17.1. The molecule has 0 bridgehead atoms. The summed E-state index contributed by atoms with van der Waals surface area (Å²) in [5, 5.41) is 4.07. The van der Waals surface area contributed by atoms with E-state index in [4.69, 9.17) is 17.3 Å². The number of thiazole rings is 1. The normalized spacial score (nSPS) is 11.6. The number of anilines is 1. The average molecular weight is 360 g/mol. The number of carbonyl (C=O) groups is 1. The number of halogens is 2. The molecule has 1 unspecified atom stereocenters. The van der Waals surface area contributed by atoms with Crippen LogP contribution in [0.2, 0.25) is 5.02 Å². The van der Waals surface area contributed by atoms with E-state index in [9.17, 15) is 4.79 Å². The van der Waals surface area contributed by atoms with Crippen LogP contribution in [0, 0.1) is 0 Å². The van der Waals surface area contributed by atoms with Gasteiger partial charge >= 0.3 is 0 Å². The van der Waals surface area contributed by atoms with E-state index < -0.39 is 6.04 Å². The highest BCUT2D eigenvalue weighted by atomic mass is 35.5. The van der Waals surface area contributed by atoms with Gasteiger partial charge in [0.2, 0.25) is 5.91 Å². The summed E-state index contributed by atoms with van der Waals surface area (Å²) in [5.41, 5.74) is 6.82. The van der Waals surface area contributed by atoms with E-state index in [-0.39, 0.29) is 18.3 Å². The molecule has 120 valence electrons. The third-order valence-corrected chi connectivity index (χ3v) is 4.32. The number of hydrogen-bond acceptors (Lipinski definition) is 4. The van der Waals surface area contributed by atoms with Crippen LogP contribution in [-0.4, -0.2) is 16.9 Å². The van der Waals surface area contributed by atoms with Crippen molar-refractivity contribution < 1.29 is 4.79 Å². The van der Waals surface area contributed by atoms with Gasteiger partial charge in [0.15, 0.2) is 5.13 Å². The van der Waals surface area contributed by atoms with Crippen LogP contribution in [-0.2, 0) is 11.2 Å². The Bertz CT molecular complexity index is 618. The van der Waals surface area contributed by atoms with E-state index in [1.807, 2.05) is 31.2 Å². The van der Waals surface area contributed by atoms with Crippen LogP contribution in [0.25, 0.3) is 0 Å². The lowest BCUT2D eigenvalue weighted by molar-refractivity contribution is -0.117. The number of carbonyl (C=O) groups excluding carboxylic acids is 1. The van der Waals surface area contributed by atoms with Gasteiger partial charge in [-0.25, -0.2) is 4.98 Å². The fraction of sp³-hybridized carbons (Fsp3) is 0.333. The van der Waals surface area contributed by atoms with Crippen molar-refractivity contribution in [3.8, 4) is 0 Å². The summed E-state index contributed by atoms with van der Waals surface area (Å²) in [6, 6.07) is 7.22. The molecule has 0 fully saturated rings. The first-order chi connectivity index (χ1) is 10.1. The van der Waals surface area contributed by atoms with E-state index in [0.29, 0.717) is 18.0 Å². The molecule has 0 saturated heterocycles. The number of hydrogen-bond donors (Lipinski definition) is 2. The maximum atomic E-state index is 11.8. The van der Waals surface area contributed by atoms with Crippen LogP contribution < -0.4 is 11.1 Å². The number of rotatable bonds is 6. The van der Waals surface area contributed by atoms with Crippen molar-refractivity contribution in [2.75, 3.05) is 5.32 Å². The monoisotopic (exact) mass is 359 g/mol. The Balaban J connectivity index is 0.00000242. The molecule has 0 aliphatic rings. The molecule has 4 nitrogen and oxygen atoms in total. The number of amides is 1. The van der Waals surface area contributed by atoms with Gasteiger partial charge in [0.05, 0.1) is 6.04 Å². The standard InChI is InChI=1S/C15H18ClN3OS.ClH/c1-2-5-13(17)14(20)19-15-18-9-11(21-15)8-10-6-3-4-7-12(10)16;/h3-4,6-7,9,13H,2,5,8,17H2,1H3,(H,18,19,20);1H. The molecule has 0 spiro atoms. The molecule has 22 heavy (non-hydrogen) atoms. The van der Waals surface area contributed by atoms with Gasteiger partial charge in [-0.1, -0.05) is 43.1 Å². The second kappa shape index (κ2) is 9.10. The van der Waals surface area contributed by atoms with Gasteiger partial charge in [0.1, 0.15) is 0 Å². The Morgan fingerprint density at radius 3 is 2.86 bits per heavy atom. The molecule has 1 aromatic carbocycles. The minimum absolute atomic E-state index is 0. The highest BCUT2D eigenvalue weighted by Gasteiger charge is 2.14. The van der Waals surface area contributed by atoms with E-state index in [0.717, 1.165) is 21.9 Å². The van der Waals surface area contributed by atoms with Crippen LogP contribution in [0.1, 0.15) is 30.2 Å². The largest absolute Gasteiger partial charge is 0.320 e. The van der Waals surface area contributed by atoms with Gasteiger partial charge in [0, 0.05) is 22.5 Å². The zero-order valence-corrected chi connectivity index (χ0v) is 14.6. The quantitative estimate of drug-likeness (QED) is 0.822. The second-order valence-corrected chi connectivity index (χ2v) is 6.31. The predicted octanol–water partition coefficient (Wildman–Crippen LogP) is 3.88. The second-order valence-electron chi connectivity index (χ2n) is 4.78. The first-order valence-corrected chi connectivity index (χ1v) is 8.04. The molecule has 1 amide bonds. The lowest BCUT2D eigenvalue weighted by Gasteiger charge is -2.08. The number of benzene rings is 1. The third-order valence-electron chi connectivity index (χ3n) is 3.04. The van der Waals surface area contributed by atoms with Crippen molar-refractivity contribution in [2.24, 2.45) is 5.73 Å². The minimum Gasteiger partial charge on any atom is -0.320 e. The van der Waals surface area contributed by atoms with E-state index in [2.05, 4.69) is 10.3 Å².